The van der Waals surface area contributed by atoms with Gasteiger partial charge < -0.3 is 20.9 Å². The molecule has 0 spiro atoms. The third kappa shape index (κ3) is 6.36. The normalized spacial score (nSPS) is 17.2. The molecule has 0 fully saturated rings. The molecule has 0 radical (unpaired) electrons. The predicted octanol–water partition coefficient (Wildman–Crippen LogP) is 3.00. The molecule has 6 N–H and O–H groups in total. The number of aromatic carboxylic acids is 1. The minimum Gasteiger partial charge on any atom is -0.478 e. The molecule has 0 atom stereocenters. The highest BCUT2D eigenvalue weighted by atomic mass is 32.2. The van der Waals surface area contributed by atoms with Crippen LogP contribution < -0.4 is 26.4 Å². The van der Waals surface area contributed by atoms with Crippen molar-refractivity contribution in [3.63, 3.8) is 0 Å². The second-order valence-electron chi connectivity index (χ2n) is 13.1. The van der Waals surface area contributed by atoms with Gasteiger partial charge in [0.05, 0.1) is 27.6 Å². The highest BCUT2D eigenvalue weighted by Crippen LogP contribution is 2.44. The molecule has 3 heterocycles. The van der Waals surface area contributed by atoms with E-state index >= 15 is 0 Å². The Morgan fingerprint density at radius 3 is 2.08 bits per heavy atom. The van der Waals surface area contributed by atoms with Crippen LogP contribution in [0.5, 0.6) is 11.5 Å². The lowest BCUT2D eigenvalue weighted by Gasteiger charge is -2.34. The van der Waals surface area contributed by atoms with E-state index < -0.39 is 54.7 Å². The lowest BCUT2D eigenvalue weighted by atomic mass is 9.85. The Morgan fingerprint density at radius 2 is 1.48 bits per heavy atom. The van der Waals surface area contributed by atoms with Crippen LogP contribution in [-0.4, -0.2) is 65.5 Å². The Bertz CT molecular complexity index is 2410. The predicted molar refractivity (Wildman–Crippen MR) is 178 cm³/mol. The SMILES string of the molecule is CC1(C)C=C(CS(=O)(=O)O)c2cc3c(cc2=N1)Oc1cc2c(cc1C=3c1ccc(C(N)=O)c(C(=O)O)c1)C(CS(=O)(=O)O)=CC(C)(C)N2. The summed E-state index contributed by atoms with van der Waals surface area (Å²) in [6.45, 7) is 7.21. The summed E-state index contributed by atoms with van der Waals surface area (Å²) >= 11 is 0. The number of ether oxygens (including phenoxy) is 1. The maximum atomic E-state index is 12.3. The van der Waals surface area contributed by atoms with Gasteiger partial charge in [-0.3, -0.25) is 18.9 Å². The van der Waals surface area contributed by atoms with Crippen LogP contribution in [0.4, 0.5) is 5.69 Å². The van der Waals surface area contributed by atoms with Crippen molar-refractivity contribution in [3.8, 4) is 11.5 Å². The van der Waals surface area contributed by atoms with Crippen molar-refractivity contribution in [1.82, 2.24) is 0 Å². The van der Waals surface area contributed by atoms with Gasteiger partial charge in [0.25, 0.3) is 20.2 Å². The van der Waals surface area contributed by atoms with Crippen LogP contribution in [0.25, 0.3) is 16.7 Å². The number of nitrogens with one attached hydrogen (secondary N) is 1. The number of nitrogens with two attached hydrogens (primary N) is 1. The van der Waals surface area contributed by atoms with E-state index in [0.717, 1.165) is 0 Å². The fourth-order valence-electron chi connectivity index (χ4n) is 6.47. The summed E-state index contributed by atoms with van der Waals surface area (Å²) < 4.78 is 74.2. The molecule has 3 aliphatic heterocycles. The second kappa shape index (κ2) is 10.8. The molecule has 15 heteroatoms. The molecule has 48 heavy (non-hydrogen) atoms. The zero-order valence-corrected chi connectivity index (χ0v) is 27.8. The van der Waals surface area contributed by atoms with Gasteiger partial charge in [0.1, 0.15) is 23.0 Å². The minimum absolute atomic E-state index is 0.223. The summed E-state index contributed by atoms with van der Waals surface area (Å²) in [7, 11) is -8.91. The Labute approximate surface area is 275 Å². The molecular formula is C33H31N3O10S2. The molecular weight excluding hydrogens is 663 g/mol. The van der Waals surface area contributed by atoms with E-state index in [4.69, 9.17) is 15.5 Å². The molecule has 250 valence electrons. The number of amides is 1. The largest absolute Gasteiger partial charge is 0.478 e. The van der Waals surface area contributed by atoms with E-state index in [-0.39, 0.29) is 16.7 Å². The molecule has 0 aliphatic carbocycles. The van der Waals surface area contributed by atoms with Gasteiger partial charge in [-0.05, 0) is 68.7 Å². The van der Waals surface area contributed by atoms with E-state index in [2.05, 4.69) is 5.32 Å². The molecule has 0 bridgehead atoms. The van der Waals surface area contributed by atoms with E-state index in [0.29, 0.717) is 61.2 Å². The maximum Gasteiger partial charge on any atom is 0.336 e. The molecule has 3 aromatic carbocycles. The first-order valence-electron chi connectivity index (χ1n) is 14.5. The van der Waals surface area contributed by atoms with Crippen LogP contribution in [0.1, 0.15) is 70.7 Å². The lowest BCUT2D eigenvalue weighted by Crippen LogP contribution is -2.33. The Balaban J connectivity index is 1.73. The first kappa shape index (κ1) is 33.1. The number of rotatable bonds is 7. The molecule has 0 unspecified atom stereocenters. The topological polar surface area (TPSA) is 223 Å². The fraction of sp³-hybridized carbons (Fsp3) is 0.242. The van der Waals surface area contributed by atoms with E-state index in [1.165, 1.54) is 18.2 Å². The molecule has 1 amide bonds. The van der Waals surface area contributed by atoms with Crippen molar-refractivity contribution in [2.75, 3.05) is 16.8 Å². The molecule has 0 aromatic heterocycles. The van der Waals surface area contributed by atoms with Gasteiger partial charge in [0.15, 0.2) is 0 Å². The zero-order valence-electron chi connectivity index (χ0n) is 26.2. The fourth-order valence-corrected chi connectivity index (χ4v) is 7.73. The number of primary amides is 1. The number of carboxylic acid groups (broad SMARTS) is 1. The molecule has 6 rings (SSSR count). The van der Waals surface area contributed by atoms with Crippen molar-refractivity contribution in [2.24, 2.45) is 10.7 Å². The van der Waals surface area contributed by atoms with Crippen LogP contribution in [0.2, 0.25) is 0 Å². The zero-order chi connectivity index (χ0) is 35.1. The smallest absolute Gasteiger partial charge is 0.336 e. The van der Waals surface area contributed by atoms with Gasteiger partial charge in [-0.25, -0.2) is 4.79 Å². The lowest BCUT2D eigenvalue weighted by molar-refractivity contribution is 0.0692. The average molecular weight is 694 g/mol. The summed E-state index contributed by atoms with van der Waals surface area (Å²) in [6.07, 6.45) is 3.32. The number of benzene rings is 3. The number of fused-ring (bicyclic) bond motifs is 4. The quantitative estimate of drug-likeness (QED) is 0.177. The number of carboxylic acids is 1. The van der Waals surface area contributed by atoms with Crippen molar-refractivity contribution < 1.29 is 45.4 Å². The molecule has 3 aliphatic rings. The van der Waals surface area contributed by atoms with Crippen molar-refractivity contribution >= 4 is 54.5 Å². The van der Waals surface area contributed by atoms with Gasteiger partial charge in [0.2, 0.25) is 5.91 Å². The Morgan fingerprint density at radius 1 is 0.833 bits per heavy atom. The van der Waals surface area contributed by atoms with Crippen LogP contribution in [0.3, 0.4) is 0 Å². The summed E-state index contributed by atoms with van der Waals surface area (Å²) in [5.41, 5.74) is 6.40. The summed E-state index contributed by atoms with van der Waals surface area (Å²) in [5, 5.41) is 14.1. The average Bonchev–Trinajstić information content (AvgIpc) is 2.91. The van der Waals surface area contributed by atoms with Crippen molar-refractivity contribution in [1.29, 1.82) is 0 Å². The van der Waals surface area contributed by atoms with Crippen LogP contribution in [0.15, 0.2) is 59.6 Å². The molecule has 3 aromatic rings. The minimum atomic E-state index is -4.46. The van der Waals surface area contributed by atoms with Crippen LogP contribution in [-0.2, 0) is 20.2 Å². The number of anilines is 1. The van der Waals surface area contributed by atoms with E-state index in [1.807, 2.05) is 13.8 Å². The highest BCUT2D eigenvalue weighted by Gasteiger charge is 2.32. The van der Waals surface area contributed by atoms with Crippen molar-refractivity contribution in [3.05, 3.63) is 98.6 Å². The van der Waals surface area contributed by atoms with Gasteiger partial charge in [-0.15, -0.1) is 0 Å². The summed E-state index contributed by atoms with van der Waals surface area (Å²) in [4.78, 5) is 29.1. The standard InChI is InChI=1S/C33H31N3O10S2/c1-32(2)12-17(14-47(40,41)42)20-8-23-27(10-25(20)35-32)46-28-11-26-21(18(15-48(43,44)45)13-33(3,4)36-26)9-24(28)29(23)16-5-6-19(30(34)37)22(7-16)31(38)39/h5-13,35H,14-15H2,1-4H3,(H2,34,37)(H,38,39)(H,40,41,42)(H,43,44,45). The van der Waals surface area contributed by atoms with E-state index in [1.54, 1.807) is 50.3 Å². The molecule has 0 saturated carbocycles. The number of nitrogens with zero attached hydrogens (tertiary/aromatic N) is 1. The number of carbonyl (C=O) groups excluding carboxylic acids is 1. The summed E-state index contributed by atoms with van der Waals surface area (Å²) in [6, 6.07) is 10.7. The molecule has 13 nitrogen and oxygen atoms in total. The molecule has 0 saturated heterocycles. The van der Waals surface area contributed by atoms with Gasteiger partial charge in [-0.1, -0.05) is 18.2 Å². The Hall–Kier alpha value is -4.83. The first-order chi connectivity index (χ1) is 22.1. The van der Waals surface area contributed by atoms with Crippen molar-refractivity contribution in [2.45, 2.75) is 38.8 Å². The third-order valence-corrected chi connectivity index (χ3v) is 9.43. The van der Waals surface area contributed by atoms with E-state index in [9.17, 15) is 40.6 Å². The van der Waals surface area contributed by atoms with Gasteiger partial charge in [-0.2, -0.15) is 16.8 Å². The van der Waals surface area contributed by atoms with Gasteiger partial charge in [0, 0.05) is 45.3 Å². The number of carbonyl (C=O) groups is 2. The monoisotopic (exact) mass is 693 g/mol. The highest BCUT2D eigenvalue weighted by molar-refractivity contribution is 7.86. The van der Waals surface area contributed by atoms with Gasteiger partial charge >= 0.3 is 5.97 Å². The number of hydrogen-bond donors (Lipinski definition) is 5. The summed E-state index contributed by atoms with van der Waals surface area (Å²) in [5.74, 6) is -3.12. The number of hydrogen-bond acceptors (Lipinski definition) is 9. The Kier molecular flexibility index (Phi) is 7.48. The second-order valence-corrected chi connectivity index (χ2v) is 16.0. The first-order valence-corrected chi connectivity index (χ1v) is 17.8. The van der Waals surface area contributed by atoms with Crippen LogP contribution in [0, 0.1) is 0 Å². The maximum absolute atomic E-state index is 12.3. The third-order valence-electron chi connectivity index (χ3n) is 8.08. The van der Waals surface area contributed by atoms with Crippen LogP contribution >= 0.6 is 0 Å².